The molecule has 24 heavy (non-hydrogen) atoms. The Morgan fingerprint density at radius 3 is 2.33 bits per heavy atom. The lowest BCUT2D eigenvalue weighted by atomic mass is 9.85. The smallest absolute Gasteiger partial charge is 0.409 e. The van der Waals surface area contributed by atoms with Crippen molar-refractivity contribution in [2.24, 2.45) is 5.92 Å². The van der Waals surface area contributed by atoms with Crippen LogP contribution in [-0.4, -0.2) is 66.5 Å². The molecule has 7 heteroatoms. The molecule has 3 amide bonds. The van der Waals surface area contributed by atoms with Crippen LogP contribution in [0.5, 0.6) is 0 Å². The van der Waals surface area contributed by atoms with E-state index in [9.17, 15) is 14.4 Å². The molecule has 0 atom stereocenters. The van der Waals surface area contributed by atoms with E-state index in [1.54, 1.807) is 18.7 Å². The van der Waals surface area contributed by atoms with Crippen LogP contribution in [0.4, 0.5) is 4.79 Å². The molecule has 7 nitrogen and oxygen atoms in total. The Bertz CT molecular complexity index is 457. The van der Waals surface area contributed by atoms with E-state index in [2.05, 4.69) is 5.32 Å². The predicted octanol–water partition coefficient (Wildman–Crippen LogP) is 1.37. The zero-order valence-electron chi connectivity index (χ0n) is 14.8. The first-order valence-corrected chi connectivity index (χ1v) is 8.99. The summed E-state index contributed by atoms with van der Waals surface area (Å²) in [6.45, 7) is 5.94. The van der Waals surface area contributed by atoms with Gasteiger partial charge in [-0.1, -0.05) is 6.42 Å². The summed E-state index contributed by atoms with van der Waals surface area (Å²) in [4.78, 5) is 39.0. The second-order valence-corrected chi connectivity index (χ2v) is 6.55. The SMILES string of the molecule is CCOC(=O)N1CCC(N(CCNC(=O)C2CCC2)C(C)=O)CC1. The van der Waals surface area contributed by atoms with Gasteiger partial charge in [0.25, 0.3) is 0 Å². The van der Waals surface area contributed by atoms with Crippen LogP contribution in [0, 0.1) is 5.92 Å². The molecule has 0 spiro atoms. The summed E-state index contributed by atoms with van der Waals surface area (Å²) in [6, 6.07) is 0.119. The number of nitrogens with one attached hydrogen (secondary N) is 1. The number of carbonyl (C=O) groups is 3. The zero-order chi connectivity index (χ0) is 17.5. The number of amides is 3. The lowest BCUT2D eigenvalue weighted by molar-refractivity contribution is -0.133. The molecule has 1 aliphatic carbocycles. The van der Waals surface area contributed by atoms with Gasteiger partial charge in [0.2, 0.25) is 11.8 Å². The summed E-state index contributed by atoms with van der Waals surface area (Å²) < 4.78 is 5.01. The van der Waals surface area contributed by atoms with Gasteiger partial charge in [0.15, 0.2) is 0 Å². The van der Waals surface area contributed by atoms with E-state index in [0.29, 0.717) is 32.8 Å². The van der Waals surface area contributed by atoms with Crippen molar-refractivity contribution in [1.82, 2.24) is 15.1 Å². The predicted molar refractivity (Wildman–Crippen MR) is 89.4 cm³/mol. The molecular weight excluding hydrogens is 310 g/mol. The van der Waals surface area contributed by atoms with Crippen molar-refractivity contribution in [3.05, 3.63) is 0 Å². The number of rotatable bonds is 6. The van der Waals surface area contributed by atoms with Crippen molar-refractivity contribution in [2.75, 3.05) is 32.8 Å². The van der Waals surface area contributed by atoms with Gasteiger partial charge in [-0.15, -0.1) is 0 Å². The highest BCUT2D eigenvalue weighted by atomic mass is 16.6. The van der Waals surface area contributed by atoms with E-state index < -0.39 is 0 Å². The van der Waals surface area contributed by atoms with Crippen molar-refractivity contribution in [1.29, 1.82) is 0 Å². The van der Waals surface area contributed by atoms with Crippen molar-refractivity contribution in [2.45, 2.75) is 52.0 Å². The van der Waals surface area contributed by atoms with E-state index in [0.717, 1.165) is 32.1 Å². The van der Waals surface area contributed by atoms with Crippen LogP contribution < -0.4 is 5.32 Å². The molecule has 2 fully saturated rings. The topological polar surface area (TPSA) is 79.0 Å². The largest absolute Gasteiger partial charge is 0.450 e. The maximum atomic E-state index is 11.9. The molecule has 0 aromatic carbocycles. The summed E-state index contributed by atoms with van der Waals surface area (Å²) in [5.74, 6) is 0.299. The van der Waals surface area contributed by atoms with Gasteiger partial charge in [-0.3, -0.25) is 9.59 Å². The molecule has 1 saturated heterocycles. The standard InChI is InChI=1S/C17H29N3O4/c1-3-24-17(23)19-10-7-15(8-11-19)20(13(2)21)12-9-18-16(22)14-5-4-6-14/h14-15H,3-12H2,1-2H3,(H,18,22). The number of ether oxygens (including phenoxy) is 1. The Hall–Kier alpha value is -1.79. The van der Waals surface area contributed by atoms with Crippen LogP contribution in [0.1, 0.15) is 46.0 Å². The fourth-order valence-electron chi connectivity index (χ4n) is 3.29. The number of piperidine rings is 1. The molecule has 0 unspecified atom stereocenters. The summed E-state index contributed by atoms with van der Waals surface area (Å²) in [7, 11) is 0. The maximum Gasteiger partial charge on any atom is 0.409 e. The third-order valence-corrected chi connectivity index (χ3v) is 4.96. The van der Waals surface area contributed by atoms with Crippen molar-refractivity contribution in [3.63, 3.8) is 0 Å². The van der Waals surface area contributed by atoms with E-state index in [1.807, 2.05) is 4.90 Å². The second kappa shape index (κ2) is 8.89. The number of hydrogen-bond donors (Lipinski definition) is 1. The van der Waals surface area contributed by atoms with Crippen molar-refractivity contribution < 1.29 is 19.1 Å². The summed E-state index contributed by atoms with van der Waals surface area (Å²) in [6.07, 6.45) is 4.31. The molecule has 0 bridgehead atoms. The highest BCUT2D eigenvalue weighted by Gasteiger charge is 2.29. The number of nitrogens with zero attached hydrogens (tertiary/aromatic N) is 2. The molecule has 2 aliphatic rings. The fraction of sp³-hybridized carbons (Fsp3) is 0.824. The lowest BCUT2D eigenvalue weighted by Gasteiger charge is -2.38. The lowest BCUT2D eigenvalue weighted by Crippen LogP contribution is -2.50. The molecule has 1 heterocycles. The third kappa shape index (κ3) is 4.85. The van der Waals surface area contributed by atoms with Crippen LogP contribution in [0.3, 0.4) is 0 Å². The molecule has 136 valence electrons. The van der Waals surface area contributed by atoms with Crippen LogP contribution >= 0.6 is 0 Å². The fourth-order valence-corrected chi connectivity index (χ4v) is 3.29. The van der Waals surface area contributed by atoms with E-state index in [1.165, 1.54) is 0 Å². The van der Waals surface area contributed by atoms with Gasteiger partial charge >= 0.3 is 6.09 Å². The molecule has 1 N–H and O–H groups in total. The molecule has 0 aromatic rings. The normalized spacial score (nSPS) is 18.7. The second-order valence-electron chi connectivity index (χ2n) is 6.55. The van der Waals surface area contributed by atoms with Crippen molar-refractivity contribution in [3.8, 4) is 0 Å². The zero-order valence-corrected chi connectivity index (χ0v) is 14.8. The Morgan fingerprint density at radius 1 is 1.17 bits per heavy atom. The highest BCUT2D eigenvalue weighted by Crippen LogP contribution is 2.26. The summed E-state index contributed by atoms with van der Waals surface area (Å²) in [5.41, 5.74) is 0. The molecule has 0 radical (unpaired) electrons. The minimum atomic E-state index is -0.280. The monoisotopic (exact) mass is 339 g/mol. The minimum absolute atomic E-state index is 0.0162. The van der Waals surface area contributed by atoms with Gasteiger partial charge in [-0.2, -0.15) is 0 Å². The summed E-state index contributed by atoms with van der Waals surface area (Å²) in [5, 5.41) is 2.94. The van der Waals surface area contributed by atoms with E-state index in [4.69, 9.17) is 4.74 Å². The quantitative estimate of drug-likeness (QED) is 0.793. The third-order valence-electron chi connectivity index (χ3n) is 4.96. The van der Waals surface area contributed by atoms with Gasteiger partial charge in [0.1, 0.15) is 0 Å². The van der Waals surface area contributed by atoms with Crippen LogP contribution in [0.25, 0.3) is 0 Å². The van der Waals surface area contributed by atoms with Crippen LogP contribution in [0.2, 0.25) is 0 Å². The Morgan fingerprint density at radius 2 is 1.83 bits per heavy atom. The van der Waals surface area contributed by atoms with Gasteiger partial charge in [-0.05, 0) is 32.6 Å². The molecule has 1 saturated carbocycles. The maximum absolute atomic E-state index is 11.9. The average molecular weight is 339 g/mol. The molecule has 2 rings (SSSR count). The Labute approximate surface area is 143 Å². The van der Waals surface area contributed by atoms with Crippen LogP contribution in [-0.2, 0) is 14.3 Å². The Balaban J connectivity index is 1.75. The molecular formula is C17H29N3O4. The number of likely N-dealkylation sites (tertiary alicyclic amines) is 1. The average Bonchev–Trinajstić information content (AvgIpc) is 2.50. The number of carbonyl (C=O) groups excluding carboxylic acids is 3. The first kappa shape index (κ1) is 18.5. The summed E-state index contributed by atoms with van der Waals surface area (Å²) >= 11 is 0. The van der Waals surface area contributed by atoms with Gasteiger partial charge in [0.05, 0.1) is 6.61 Å². The first-order valence-electron chi connectivity index (χ1n) is 8.99. The minimum Gasteiger partial charge on any atom is -0.450 e. The first-order chi connectivity index (χ1) is 11.5. The molecule has 0 aromatic heterocycles. The highest BCUT2D eigenvalue weighted by molar-refractivity contribution is 5.79. The van der Waals surface area contributed by atoms with Gasteiger partial charge < -0.3 is 19.9 Å². The van der Waals surface area contributed by atoms with Crippen LogP contribution in [0.15, 0.2) is 0 Å². The van der Waals surface area contributed by atoms with Gasteiger partial charge in [-0.25, -0.2) is 4.79 Å². The van der Waals surface area contributed by atoms with E-state index in [-0.39, 0.29) is 29.9 Å². The molecule has 1 aliphatic heterocycles. The Kier molecular flexibility index (Phi) is 6.87. The number of hydrogen-bond acceptors (Lipinski definition) is 4. The van der Waals surface area contributed by atoms with Gasteiger partial charge in [0, 0.05) is 45.1 Å². The van der Waals surface area contributed by atoms with E-state index >= 15 is 0 Å². The van der Waals surface area contributed by atoms with Crippen molar-refractivity contribution >= 4 is 17.9 Å².